The predicted octanol–water partition coefficient (Wildman–Crippen LogP) is 0.492. The van der Waals surface area contributed by atoms with Gasteiger partial charge < -0.3 is 10.2 Å². The summed E-state index contributed by atoms with van der Waals surface area (Å²) < 4.78 is 1.54. The quantitative estimate of drug-likeness (QED) is 0.740. The normalized spacial score (nSPS) is 14.4. The SMILES string of the molecule is CCC(O)c1cn(CC(C)(C)O)nn1. The van der Waals surface area contributed by atoms with E-state index in [1.165, 1.54) is 4.68 Å². The van der Waals surface area contributed by atoms with Gasteiger partial charge in [-0.3, -0.25) is 0 Å². The van der Waals surface area contributed by atoms with Crippen molar-refractivity contribution in [2.75, 3.05) is 0 Å². The van der Waals surface area contributed by atoms with Crippen molar-refractivity contribution in [2.24, 2.45) is 0 Å². The molecule has 1 atom stereocenters. The second-order valence-corrected chi connectivity index (χ2v) is 4.08. The van der Waals surface area contributed by atoms with Crippen LogP contribution in [0.15, 0.2) is 6.20 Å². The van der Waals surface area contributed by atoms with Gasteiger partial charge in [-0.1, -0.05) is 12.1 Å². The van der Waals surface area contributed by atoms with E-state index in [4.69, 9.17) is 0 Å². The van der Waals surface area contributed by atoms with Crippen molar-refractivity contribution < 1.29 is 10.2 Å². The van der Waals surface area contributed by atoms with Gasteiger partial charge in [-0.15, -0.1) is 5.10 Å². The van der Waals surface area contributed by atoms with Gasteiger partial charge in [0.2, 0.25) is 0 Å². The molecule has 2 N–H and O–H groups in total. The van der Waals surface area contributed by atoms with Crippen molar-refractivity contribution >= 4 is 0 Å². The first-order valence-electron chi connectivity index (χ1n) is 4.73. The summed E-state index contributed by atoms with van der Waals surface area (Å²) in [5.74, 6) is 0. The van der Waals surface area contributed by atoms with E-state index in [9.17, 15) is 10.2 Å². The molecule has 0 bridgehead atoms. The van der Waals surface area contributed by atoms with E-state index in [1.807, 2.05) is 6.92 Å². The highest BCUT2D eigenvalue weighted by Crippen LogP contribution is 2.13. The van der Waals surface area contributed by atoms with Crippen molar-refractivity contribution in [1.29, 1.82) is 0 Å². The maximum Gasteiger partial charge on any atom is 0.111 e. The molecule has 0 aromatic carbocycles. The molecule has 0 amide bonds. The zero-order valence-electron chi connectivity index (χ0n) is 8.80. The Bertz CT molecular complexity index is 290. The van der Waals surface area contributed by atoms with Gasteiger partial charge >= 0.3 is 0 Å². The van der Waals surface area contributed by atoms with E-state index in [2.05, 4.69) is 10.3 Å². The highest BCUT2D eigenvalue weighted by Gasteiger charge is 2.16. The van der Waals surface area contributed by atoms with Crippen LogP contribution in [-0.2, 0) is 6.54 Å². The molecule has 14 heavy (non-hydrogen) atoms. The maximum atomic E-state index is 9.53. The van der Waals surface area contributed by atoms with E-state index < -0.39 is 11.7 Å². The summed E-state index contributed by atoms with van der Waals surface area (Å²) in [5.41, 5.74) is -0.265. The molecule has 0 fully saturated rings. The van der Waals surface area contributed by atoms with Crippen LogP contribution in [0.3, 0.4) is 0 Å². The average molecular weight is 199 g/mol. The molecule has 5 nitrogen and oxygen atoms in total. The summed E-state index contributed by atoms with van der Waals surface area (Å²) in [6, 6.07) is 0. The monoisotopic (exact) mass is 199 g/mol. The Kier molecular flexibility index (Phi) is 3.23. The summed E-state index contributed by atoms with van der Waals surface area (Å²) in [5, 5.41) is 26.6. The maximum absolute atomic E-state index is 9.53. The van der Waals surface area contributed by atoms with Gasteiger partial charge in [0.15, 0.2) is 0 Å². The van der Waals surface area contributed by atoms with Crippen molar-refractivity contribution in [1.82, 2.24) is 15.0 Å². The smallest absolute Gasteiger partial charge is 0.111 e. The van der Waals surface area contributed by atoms with Crippen LogP contribution < -0.4 is 0 Å². The Hall–Kier alpha value is -0.940. The number of hydrogen-bond donors (Lipinski definition) is 2. The highest BCUT2D eigenvalue weighted by molar-refractivity contribution is 4.97. The fraction of sp³-hybridized carbons (Fsp3) is 0.778. The molecule has 0 saturated carbocycles. The molecule has 1 aromatic rings. The first kappa shape index (κ1) is 11.1. The summed E-state index contributed by atoms with van der Waals surface area (Å²) in [4.78, 5) is 0. The van der Waals surface area contributed by atoms with Gasteiger partial charge in [0.1, 0.15) is 5.69 Å². The highest BCUT2D eigenvalue weighted by atomic mass is 16.3. The second-order valence-electron chi connectivity index (χ2n) is 4.08. The van der Waals surface area contributed by atoms with Crippen LogP contribution in [0.25, 0.3) is 0 Å². The third-order valence-corrected chi connectivity index (χ3v) is 1.83. The number of hydrogen-bond acceptors (Lipinski definition) is 4. The van der Waals surface area contributed by atoms with E-state index in [1.54, 1.807) is 20.0 Å². The molecule has 0 radical (unpaired) electrons. The summed E-state index contributed by atoms with van der Waals surface area (Å²) >= 11 is 0. The second kappa shape index (κ2) is 4.06. The number of aromatic nitrogens is 3. The fourth-order valence-corrected chi connectivity index (χ4v) is 1.15. The van der Waals surface area contributed by atoms with Gasteiger partial charge in [0.05, 0.1) is 24.4 Å². The molecule has 80 valence electrons. The van der Waals surface area contributed by atoms with Gasteiger partial charge in [-0.2, -0.15) is 0 Å². The van der Waals surface area contributed by atoms with Crippen LogP contribution in [0.1, 0.15) is 39.0 Å². The topological polar surface area (TPSA) is 71.2 Å². The van der Waals surface area contributed by atoms with E-state index >= 15 is 0 Å². The van der Waals surface area contributed by atoms with Crippen molar-refractivity contribution in [3.8, 4) is 0 Å². The average Bonchev–Trinajstić information content (AvgIpc) is 2.48. The lowest BCUT2D eigenvalue weighted by molar-refractivity contribution is 0.0571. The number of aliphatic hydroxyl groups is 2. The summed E-state index contributed by atoms with van der Waals surface area (Å²) in [7, 11) is 0. The molecule has 1 unspecified atom stereocenters. The lowest BCUT2D eigenvalue weighted by atomic mass is 10.1. The van der Waals surface area contributed by atoms with Crippen LogP contribution in [-0.4, -0.2) is 30.8 Å². The Labute approximate surface area is 83.4 Å². The van der Waals surface area contributed by atoms with Crippen LogP contribution in [0, 0.1) is 0 Å². The van der Waals surface area contributed by atoms with Crippen LogP contribution in [0.2, 0.25) is 0 Å². The number of aliphatic hydroxyl groups excluding tert-OH is 1. The lowest BCUT2D eigenvalue weighted by Crippen LogP contribution is -2.26. The molecule has 0 aliphatic heterocycles. The zero-order valence-corrected chi connectivity index (χ0v) is 8.80. The minimum atomic E-state index is -0.817. The van der Waals surface area contributed by atoms with Crippen LogP contribution in [0.5, 0.6) is 0 Å². The largest absolute Gasteiger partial charge is 0.389 e. The molecule has 0 saturated heterocycles. The summed E-state index contributed by atoms with van der Waals surface area (Å²) in [6.07, 6.45) is 1.71. The first-order valence-corrected chi connectivity index (χ1v) is 4.73. The van der Waals surface area contributed by atoms with Crippen LogP contribution in [0.4, 0.5) is 0 Å². The molecular formula is C9H17N3O2. The van der Waals surface area contributed by atoms with E-state index in [-0.39, 0.29) is 0 Å². The Morgan fingerprint density at radius 3 is 2.71 bits per heavy atom. The fourth-order valence-electron chi connectivity index (χ4n) is 1.15. The molecular weight excluding hydrogens is 182 g/mol. The van der Waals surface area contributed by atoms with Crippen molar-refractivity contribution in [2.45, 2.75) is 45.4 Å². The van der Waals surface area contributed by atoms with Gasteiger partial charge in [0.25, 0.3) is 0 Å². The van der Waals surface area contributed by atoms with Crippen molar-refractivity contribution in [3.63, 3.8) is 0 Å². The third-order valence-electron chi connectivity index (χ3n) is 1.83. The molecule has 0 spiro atoms. The Balaban J connectivity index is 2.69. The predicted molar refractivity (Wildman–Crippen MR) is 51.6 cm³/mol. The Morgan fingerprint density at radius 2 is 2.21 bits per heavy atom. The summed E-state index contributed by atoms with van der Waals surface area (Å²) in [6.45, 7) is 5.64. The van der Waals surface area contributed by atoms with Gasteiger partial charge in [-0.25, -0.2) is 4.68 Å². The van der Waals surface area contributed by atoms with Gasteiger partial charge in [-0.05, 0) is 20.3 Å². The standard InChI is InChI=1S/C9H17N3O2/c1-4-8(13)7-5-12(11-10-7)6-9(2,3)14/h5,8,13-14H,4,6H2,1-3H3. The zero-order chi connectivity index (χ0) is 10.8. The van der Waals surface area contributed by atoms with Crippen LogP contribution >= 0.6 is 0 Å². The number of nitrogens with zero attached hydrogens (tertiary/aromatic N) is 3. The van der Waals surface area contributed by atoms with E-state index in [0.717, 1.165) is 0 Å². The molecule has 0 aliphatic rings. The Morgan fingerprint density at radius 1 is 1.57 bits per heavy atom. The minimum absolute atomic E-state index is 0.371. The van der Waals surface area contributed by atoms with Gasteiger partial charge in [0, 0.05) is 0 Å². The lowest BCUT2D eigenvalue weighted by Gasteiger charge is -2.15. The number of rotatable bonds is 4. The molecule has 0 aliphatic carbocycles. The van der Waals surface area contributed by atoms with Crippen molar-refractivity contribution in [3.05, 3.63) is 11.9 Å². The molecule has 1 aromatic heterocycles. The molecule has 1 rings (SSSR count). The molecule has 5 heteroatoms. The minimum Gasteiger partial charge on any atom is -0.389 e. The first-order chi connectivity index (χ1) is 6.42. The third kappa shape index (κ3) is 3.08. The molecule has 1 heterocycles. The van der Waals surface area contributed by atoms with E-state index in [0.29, 0.717) is 18.7 Å².